The molecule has 0 bridgehead atoms. The number of rotatable bonds is 19. The second kappa shape index (κ2) is 28.7. The number of hydrogen-bond acceptors (Lipinski definition) is 0. The normalized spacial score (nSPS) is 12.5. The number of benzene rings is 6. The fourth-order valence-electron chi connectivity index (χ4n) is 11.9. The first kappa shape index (κ1) is 67.7. The van der Waals surface area contributed by atoms with Crippen LogP contribution in [0.1, 0.15) is 331 Å². The van der Waals surface area contributed by atoms with Crippen LogP contribution >= 0.6 is 0 Å². The first-order valence-corrected chi connectivity index (χ1v) is 37.1. The number of hydrogen-bond donors (Lipinski definition) is 0. The van der Waals surface area contributed by atoms with Gasteiger partial charge in [-0.2, -0.15) is 0 Å². The summed E-state index contributed by atoms with van der Waals surface area (Å²) in [7, 11) is 0. The molecule has 0 amide bonds. The SMILES string of the molecule is CC(C)c1cc(C(C)C)c(-c2cccc(-c3c(C(C)C)cc(C(C)C)cc3C(C)C)[c]2[SnH][CH2]CC(C)(C)C)c(C(C)C)c1.CC(C)c1cc(C(C)C)c(-c2cccc(-c3c(C(C)C)cc(C(C)C)cc3C(C)C)[c]2[Sn])c(C(C)C)c1. The minimum absolute atomic E-state index is 0.372. The van der Waals surface area contributed by atoms with E-state index in [-0.39, 0.29) is 0 Å². The molecule has 0 aliphatic carbocycles. The van der Waals surface area contributed by atoms with Crippen molar-refractivity contribution < 1.29 is 0 Å². The molecule has 0 saturated heterocycles. The van der Waals surface area contributed by atoms with Gasteiger partial charge < -0.3 is 0 Å². The van der Waals surface area contributed by atoms with Crippen LogP contribution in [0.25, 0.3) is 44.5 Å². The Morgan fingerprint density at radius 3 is 0.700 bits per heavy atom. The van der Waals surface area contributed by atoms with Crippen molar-refractivity contribution in [3.63, 3.8) is 0 Å². The molecule has 6 rings (SSSR count). The van der Waals surface area contributed by atoms with Crippen molar-refractivity contribution in [1.29, 1.82) is 0 Å². The van der Waals surface area contributed by atoms with Crippen LogP contribution in [-0.2, 0) is 0 Å². The van der Waals surface area contributed by atoms with E-state index in [1.165, 1.54) is 126 Å². The summed E-state index contributed by atoms with van der Waals surface area (Å²) >= 11 is 0.329. The molecule has 4 radical (unpaired) electrons. The molecule has 0 aromatic heterocycles. The summed E-state index contributed by atoms with van der Waals surface area (Å²) in [5.41, 5.74) is 30.5. The van der Waals surface area contributed by atoms with E-state index in [9.17, 15) is 0 Å². The molecule has 0 fully saturated rings. The third-order valence-corrected chi connectivity index (χ3v) is 23.1. The third kappa shape index (κ3) is 16.0. The van der Waals surface area contributed by atoms with Gasteiger partial charge >= 0.3 is 521 Å². The predicted octanol–water partition coefficient (Wildman–Crippen LogP) is 23.2. The quantitative estimate of drug-likeness (QED) is 0.0709. The van der Waals surface area contributed by atoms with Gasteiger partial charge in [0.25, 0.3) is 0 Å². The van der Waals surface area contributed by atoms with E-state index < -0.39 is 21.1 Å². The van der Waals surface area contributed by atoms with E-state index in [1.54, 1.807) is 25.8 Å². The maximum atomic E-state index is 2.55. The molecule has 0 aliphatic heterocycles. The van der Waals surface area contributed by atoms with Gasteiger partial charge in [0.05, 0.1) is 0 Å². The second-order valence-electron chi connectivity index (χ2n) is 29.0. The van der Waals surface area contributed by atoms with Gasteiger partial charge in [0.2, 0.25) is 0 Å². The molecule has 0 nitrogen and oxygen atoms in total. The zero-order valence-corrected chi connectivity index (χ0v) is 62.2. The molecular weight excluding hydrogens is 1170 g/mol. The molecule has 0 aliphatic rings. The minimum atomic E-state index is -1.16. The zero-order valence-electron chi connectivity index (χ0n) is 56.0. The van der Waals surface area contributed by atoms with E-state index in [0.717, 1.165) is 0 Å². The average Bonchev–Trinajstić information content (AvgIpc) is 3.36. The van der Waals surface area contributed by atoms with Gasteiger partial charge in [0.15, 0.2) is 0 Å². The van der Waals surface area contributed by atoms with Crippen LogP contribution in [-0.4, -0.2) is 43.7 Å². The van der Waals surface area contributed by atoms with E-state index >= 15 is 0 Å². The van der Waals surface area contributed by atoms with Gasteiger partial charge in [-0.1, -0.05) is 0 Å². The molecule has 2 heteroatoms. The molecule has 0 saturated carbocycles. The summed E-state index contributed by atoms with van der Waals surface area (Å²) in [4.78, 5) is 0. The zero-order chi connectivity index (χ0) is 60.2. The molecule has 0 N–H and O–H groups in total. The van der Waals surface area contributed by atoms with Gasteiger partial charge in [0, 0.05) is 0 Å². The van der Waals surface area contributed by atoms with E-state index in [4.69, 9.17) is 0 Å². The second-order valence-corrected chi connectivity index (χ2v) is 34.8. The summed E-state index contributed by atoms with van der Waals surface area (Å²) in [6, 6.07) is 34.6. The summed E-state index contributed by atoms with van der Waals surface area (Å²) in [5, 5.41) is 0. The Bertz CT molecular complexity index is 2720. The van der Waals surface area contributed by atoms with Crippen molar-refractivity contribution in [2.24, 2.45) is 5.41 Å². The summed E-state index contributed by atoms with van der Waals surface area (Å²) < 4.78 is 4.63. The molecule has 0 spiro atoms. The molecule has 432 valence electrons. The van der Waals surface area contributed by atoms with Crippen molar-refractivity contribution in [2.75, 3.05) is 0 Å². The standard InChI is InChI=1S/2C36H49.C6H13.2Sn.H/c2*1-21(2)29-17-31(23(5)6)35(32(18-29)24(7)8)27-14-13-15-28(16-27)36-33(25(9)10)19-30(22(3)4)20-34(36)26(11)12;1-5-6(2,3)4;;;/h2*13-15,17-26H,1-12H3;1,5H2,2-4H3;;;. The van der Waals surface area contributed by atoms with Gasteiger partial charge in [-0.25, -0.2) is 0 Å². The Morgan fingerprint density at radius 2 is 0.512 bits per heavy atom. The third-order valence-electron chi connectivity index (χ3n) is 17.0. The van der Waals surface area contributed by atoms with Crippen molar-refractivity contribution in [3.05, 3.63) is 152 Å². The molecule has 0 heterocycles. The van der Waals surface area contributed by atoms with Gasteiger partial charge in [0.1, 0.15) is 0 Å². The van der Waals surface area contributed by atoms with E-state index in [2.05, 4.69) is 272 Å². The first-order valence-electron chi connectivity index (χ1n) is 31.7. The van der Waals surface area contributed by atoms with Crippen LogP contribution in [0, 0.1) is 5.41 Å². The Kier molecular flexibility index (Phi) is 24.3. The van der Waals surface area contributed by atoms with Crippen molar-refractivity contribution >= 4 is 50.8 Å². The Morgan fingerprint density at radius 1 is 0.312 bits per heavy atom. The predicted molar refractivity (Wildman–Crippen MR) is 365 cm³/mol. The summed E-state index contributed by atoms with van der Waals surface area (Å²) in [5.74, 6) is 5.96. The maximum absolute atomic E-state index is 2.55. The van der Waals surface area contributed by atoms with Gasteiger partial charge in [-0.15, -0.1) is 0 Å². The molecule has 80 heavy (non-hydrogen) atoms. The van der Waals surface area contributed by atoms with Crippen LogP contribution in [0.3, 0.4) is 0 Å². The first-order chi connectivity index (χ1) is 37.2. The van der Waals surface area contributed by atoms with Gasteiger partial charge in [-0.05, 0) is 0 Å². The molecule has 6 aromatic rings. The summed E-state index contributed by atoms with van der Waals surface area (Å²) in [6.45, 7) is 64.0. The Balaban J connectivity index is 0.000000297. The topological polar surface area (TPSA) is 0 Å². The molecule has 0 unspecified atom stereocenters. The van der Waals surface area contributed by atoms with Crippen LogP contribution in [0.2, 0.25) is 4.44 Å². The van der Waals surface area contributed by atoms with Crippen LogP contribution in [0.4, 0.5) is 0 Å². The Labute approximate surface area is 517 Å². The van der Waals surface area contributed by atoms with E-state index in [0.29, 0.717) is 76.4 Å². The molecular formula is C78H112Sn2. The van der Waals surface area contributed by atoms with Gasteiger partial charge in [-0.3, -0.25) is 0 Å². The molecule has 6 aromatic carbocycles. The van der Waals surface area contributed by atoms with Crippen LogP contribution in [0.15, 0.2) is 84.9 Å². The van der Waals surface area contributed by atoms with Crippen molar-refractivity contribution in [2.45, 2.75) is 269 Å². The summed E-state index contributed by atoms with van der Waals surface area (Å²) in [6.07, 6.45) is 1.31. The van der Waals surface area contributed by atoms with Crippen molar-refractivity contribution in [1.82, 2.24) is 0 Å². The Hall–Kier alpha value is -3.08. The average molecular weight is 1290 g/mol. The fourth-order valence-corrected chi connectivity index (χ4v) is 19.4. The van der Waals surface area contributed by atoms with Crippen LogP contribution < -0.4 is 7.16 Å². The van der Waals surface area contributed by atoms with E-state index in [1.807, 2.05) is 0 Å². The fraction of sp³-hybridized carbons (Fsp3) is 0.538. The van der Waals surface area contributed by atoms with Crippen molar-refractivity contribution in [3.8, 4) is 44.5 Å². The monoisotopic (exact) mass is 1290 g/mol. The van der Waals surface area contributed by atoms with Crippen LogP contribution in [0.5, 0.6) is 0 Å². The molecule has 0 atom stereocenters.